The molecule has 0 fully saturated rings. The van der Waals surface area contributed by atoms with Crippen molar-refractivity contribution in [2.75, 3.05) is 11.9 Å². The van der Waals surface area contributed by atoms with Gasteiger partial charge in [0, 0.05) is 16.4 Å². The highest BCUT2D eigenvalue weighted by molar-refractivity contribution is 9.10. The number of halogens is 2. The molecular weight excluding hydrogens is 332 g/mol. The molecule has 0 N–H and O–H groups in total. The molecule has 1 atom stereocenters. The normalized spacial score (nSPS) is 13.1. The Bertz CT molecular complexity index is 313. The van der Waals surface area contributed by atoms with Crippen molar-refractivity contribution < 1.29 is 4.74 Å². The van der Waals surface area contributed by atoms with Crippen LogP contribution in [0.2, 0.25) is 0 Å². The zero-order valence-corrected chi connectivity index (χ0v) is 12.9. The summed E-state index contributed by atoms with van der Waals surface area (Å²) >= 11 is 7.07. The van der Waals surface area contributed by atoms with Crippen LogP contribution in [-0.2, 0) is 4.74 Å². The van der Waals surface area contributed by atoms with Crippen LogP contribution in [0.15, 0.2) is 28.7 Å². The van der Waals surface area contributed by atoms with E-state index in [1.165, 1.54) is 5.56 Å². The molecule has 1 nitrogen and oxygen atoms in total. The molecule has 1 rings (SSSR count). The van der Waals surface area contributed by atoms with Crippen LogP contribution in [-0.4, -0.2) is 11.9 Å². The third kappa shape index (κ3) is 4.56. The van der Waals surface area contributed by atoms with Gasteiger partial charge < -0.3 is 4.74 Å². The minimum atomic E-state index is 0.134. The Morgan fingerprint density at radius 1 is 1.25 bits per heavy atom. The number of alkyl halides is 1. The number of rotatable bonds is 6. The molecule has 16 heavy (non-hydrogen) atoms. The van der Waals surface area contributed by atoms with E-state index >= 15 is 0 Å². The summed E-state index contributed by atoms with van der Waals surface area (Å²) in [5.74, 6) is 0.690. The Balaban J connectivity index is 2.57. The topological polar surface area (TPSA) is 9.23 Å². The van der Waals surface area contributed by atoms with E-state index in [-0.39, 0.29) is 6.10 Å². The molecule has 0 aromatic heterocycles. The second kappa shape index (κ2) is 7.46. The van der Waals surface area contributed by atoms with Gasteiger partial charge in [-0.3, -0.25) is 0 Å². The van der Waals surface area contributed by atoms with Crippen LogP contribution in [0.4, 0.5) is 0 Å². The first-order valence-electron chi connectivity index (χ1n) is 5.57. The van der Waals surface area contributed by atoms with Gasteiger partial charge in [-0.05, 0) is 24.0 Å². The lowest BCUT2D eigenvalue weighted by Crippen LogP contribution is -2.09. The van der Waals surface area contributed by atoms with Crippen molar-refractivity contribution >= 4 is 31.9 Å². The maximum atomic E-state index is 5.89. The first kappa shape index (κ1) is 14.2. The Morgan fingerprint density at radius 3 is 2.50 bits per heavy atom. The van der Waals surface area contributed by atoms with Crippen LogP contribution in [0.5, 0.6) is 0 Å². The van der Waals surface area contributed by atoms with Gasteiger partial charge >= 0.3 is 0 Å². The summed E-state index contributed by atoms with van der Waals surface area (Å²) in [6, 6.07) is 8.22. The summed E-state index contributed by atoms with van der Waals surface area (Å²) in [7, 11) is 0. The van der Waals surface area contributed by atoms with Gasteiger partial charge in [-0.25, -0.2) is 0 Å². The zero-order chi connectivity index (χ0) is 12.0. The van der Waals surface area contributed by atoms with E-state index in [0.29, 0.717) is 5.92 Å². The SMILES string of the molecule is CC(C)CCOC(CBr)c1ccccc1Br. The number of benzene rings is 1. The van der Waals surface area contributed by atoms with E-state index in [1.807, 2.05) is 12.1 Å². The first-order valence-corrected chi connectivity index (χ1v) is 7.48. The summed E-state index contributed by atoms with van der Waals surface area (Å²) in [5.41, 5.74) is 1.21. The summed E-state index contributed by atoms with van der Waals surface area (Å²) in [6.07, 6.45) is 1.24. The third-order valence-electron chi connectivity index (χ3n) is 2.41. The van der Waals surface area contributed by atoms with Gasteiger partial charge in [-0.2, -0.15) is 0 Å². The van der Waals surface area contributed by atoms with Gasteiger partial charge in [-0.15, -0.1) is 0 Å². The summed E-state index contributed by atoms with van der Waals surface area (Å²) in [5, 5.41) is 0.827. The molecule has 0 amide bonds. The molecule has 0 heterocycles. The van der Waals surface area contributed by atoms with Crippen LogP contribution in [0.3, 0.4) is 0 Å². The van der Waals surface area contributed by atoms with Gasteiger partial charge in [-0.1, -0.05) is 63.9 Å². The second-order valence-electron chi connectivity index (χ2n) is 4.22. The van der Waals surface area contributed by atoms with E-state index < -0.39 is 0 Å². The van der Waals surface area contributed by atoms with Crippen LogP contribution in [0, 0.1) is 5.92 Å². The number of ether oxygens (including phenoxy) is 1. The van der Waals surface area contributed by atoms with Crippen LogP contribution < -0.4 is 0 Å². The van der Waals surface area contributed by atoms with Crippen molar-refractivity contribution in [2.24, 2.45) is 5.92 Å². The molecule has 0 aliphatic carbocycles. The molecule has 90 valence electrons. The molecule has 1 aromatic carbocycles. The van der Waals surface area contributed by atoms with Gasteiger partial charge in [0.05, 0.1) is 6.10 Å². The van der Waals surface area contributed by atoms with Crippen molar-refractivity contribution in [2.45, 2.75) is 26.4 Å². The van der Waals surface area contributed by atoms with Gasteiger partial charge in [0.25, 0.3) is 0 Å². The van der Waals surface area contributed by atoms with Gasteiger partial charge in [0.1, 0.15) is 0 Å². The van der Waals surface area contributed by atoms with Crippen molar-refractivity contribution in [3.8, 4) is 0 Å². The average Bonchev–Trinajstić information content (AvgIpc) is 2.25. The maximum absolute atomic E-state index is 5.89. The highest BCUT2D eigenvalue weighted by atomic mass is 79.9. The Hall–Kier alpha value is 0.140. The molecule has 3 heteroatoms. The zero-order valence-electron chi connectivity index (χ0n) is 9.75. The summed E-state index contributed by atoms with van der Waals surface area (Å²) in [4.78, 5) is 0. The standard InChI is InChI=1S/C13H18Br2O/c1-10(2)7-8-16-13(9-14)11-5-3-4-6-12(11)15/h3-6,10,13H,7-9H2,1-2H3. The molecule has 0 aliphatic heterocycles. The van der Waals surface area contributed by atoms with Crippen LogP contribution >= 0.6 is 31.9 Å². The lowest BCUT2D eigenvalue weighted by Gasteiger charge is -2.17. The van der Waals surface area contributed by atoms with Gasteiger partial charge in [0.15, 0.2) is 0 Å². The van der Waals surface area contributed by atoms with E-state index in [2.05, 4.69) is 57.8 Å². The molecule has 0 aliphatic rings. The maximum Gasteiger partial charge on any atom is 0.0932 e. The largest absolute Gasteiger partial charge is 0.373 e. The summed E-state index contributed by atoms with van der Waals surface area (Å²) in [6.45, 7) is 5.24. The molecular formula is C13H18Br2O. The minimum Gasteiger partial charge on any atom is -0.373 e. The minimum absolute atomic E-state index is 0.134. The summed E-state index contributed by atoms with van der Waals surface area (Å²) < 4.78 is 7.01. The number of hydrogen-bond acceptors (Lipinski definition) is 1. The molecule has 0 radical (unpaired) electrons. The predicted molar refractivity (Wildman–Crippen MR) is 76.1 cm³/mol. The predicted octanol–water partition coefficient (Wildman–Crippen LogP) is 4.95. The fourth-order valence-electron chi connectivity index (χ4n) is 1.40. The molecule has 1 unspecified atom stereocenters. The monoisotopic (exact) mass is 348 g/mol. The van der Waals surface area contributed by atoms with E-state index in [9.17, 15) is 0 Å². The lowest BCUT2D eigenvalue weighted by atomic mass is 10.1. The van der Waals surface area contributed by atoms with Crippen LogP contribution in [0.25, 0.3) is 0 Å². The van der Waals surface area contributed by atoms with Crippen molar-refractivity contribution in [1.29, 1.82) is 0 Å². The molecule has 1 aromatic rings. The molecule has 0 spiro atoms. The Labute approximate surface area is 115 Å². The second-order valence-corrected chi connectivity index (χ2v) is 5.72. The fraction of sp³-hybridized carbons (Fsp3) is 0.538. The highest BCUT2D eigenvalue weighted by Crippen LogP contribution is 2.27. The van der Waals surface area contributed by atoms with Crippen molar-refractivity contribution in [1.82, 2.24) is 0 Å². The quantitative estimate of drug-likeness (QED) is 0.660. The molecule has 0 saturated heterocycles. The Kier molecular flexibility index (Phi) is 6.62. The Morgan fingerprint density at radius 2 is 1.94 bits per heavy atom. The first-order chi connectivity index (χ1) is 7.65. The van der Waals surface area contributed by atoms with Crippen molar-refractivity contribution in [3.63, 3.8) is 0 Å². The number of hydrogen-bond donors (Lipinski definition) is 0. The van der Waals surface area contributed by atoms with Gasteiger partial charge in [0.2, 0.25) is 0 Å². The van der Waals surface area contributed by atoms with Crippen molar-refractivity contribution in [3.05, 3.63) is 34.3 Å². The average molecular weight is 350 g/mol. The third-order valence-corrected chi connectivity index (χ3v) is 3.72. The molecule has 0 saturated carbocycles. The van der Waals surface area contributed by atoms with E-state index in [4.69, 9.17) is 4.74 Å². The van der Waals surface area contributed by atoms with Crippen LogP contribution in [0.1, 0.15) is 31.9 Å². The van der Waals surface area contributed by atoms with E-state index in [0.717, 1.165) is 22.8 Å². The lowest BCUT2D eigenvalue weighted by molar-refractivity contribution is 0.0618. The fourth-order valence-corrected chi connectivity index (χ4v) is 2.48. The molecule has 0 bridgehead atoms. The highest BCUT2D eigenvalue weighted by Gasteiger charge is 2.13. The smallest absolute Gasteiger partial charge is 0.0932 e. The van der Waals surface area contributed by atoms with E-state index in [1.54, 1.807) is 0 Å².